The predicted octanol–water partition coefficient (Wildman–Crippen LogP) is 2.97. The Morgan fingerprint density at radius 1 is 1.00 bits per heavy atom. The summed E-state index contributed by atoms with van der Waals surface area (Å²) in [5, 5.41) is 3.10. The summed E-state index contributed by atoms with van der Waals surface area (Å²) in [6.07, 6.45) is 4.05. The van der Waals surface area contributed by atoms with Crippen molar-refractivity contribution < 1.29 is 9.69 Å². The van der Waals surface area contributed by atoms with Gasteiger partial charge < -0.3 is 10.2 Å². The van der Waals surface area contributed by atoms with Crippen LogP contribution in [0.4, 0.5) is 0 Å². The van der Waals surface area contributed by atoms with Crippen LogP contribution >= 0.6 is 11.8 Å². The quantitative estimate of drug-likeness (QED) is 0.736. The zero-order valence-corrected chi connectivity index (χ0v) is 16.4. The number of rotatable bonds is 7. The van der Waals surface area contributed by atoms with Crippen LogP contribution in [0.2, 0.25) is 0 Å². The van der Waals surface area contributed by atoms with Crippen molar-refractivity contribution in [3.05, 3.63) is 65.2 Å². The Bertz CT molecular complexity index is 726. The Kier molecular flexibility index (Phi) is 7.15. The van der Waals surface area contributed by atoms with E-state index in [1.54, 1.807) is 16.7 Å². The molecule has 0 aliphatic carbocycles. The van der Waals surface area contributed by atoms with Gasteiger partial charge in [-0.25, -0.2) is 0 Å². The summed E-state index contributed by atoms with van der Waals surface area (Å²) in [6.45, 7) is 6.32. The van der Waals surface area contributed by atoms with E-state index in [2.05, 4.69) is 48.6 Å². The highest BCUT2D eigenvalue weighted by Gasteiger charge is 2.15. The van der Waals surface area contributed by atoms with Gasteiger partial charge in [-0.15, -0.1) is 11.8 Å². The molecule has 0 unspecified atom stereocenters. The summed E-state index contributed by atoms with van der Waals surface area (Å²) in [5.74, 6) is 0.558. The lowest BCUT2D eigenvalue weighted by Gasteiger charge is -2.24. The third-order valence-corrected chi connectivity index (χ3v) is 6.22. The Balaban J connectivity index is 1.51. The number of carbonyl (C=O) groups is 1. The first-order valence-corrected chi connectivity index (χ1v) is 10.6. The average molecular weight is 370 g/mol. The van der Waals surface area contributed by atoms with Crippen molar-refractivity contribution >= 4 is 17.7 Å². The van der Waals surface area contributed by atoms with Gasteiger partial charge in [0.2, 0.25) is 5.91 Å². The minimum Gasteiger partial charge on any atom is -0.351 e. The molecule has 2 aromatic rings. The second kappa shape index (κ2) is 9.79. The summed E-state index contributed by atoms with van der Waals surface area (Å²) in [4.78, 5) is 15.1. The van der Waals surface area contributed by atoms with Crippen LogP contribution < -0.4 is 10.2 Å². The zero-order valence-electron chi connectivity index (χ0n) is 15.6. The summed E-state index contributed by atoms with van der Waals surface area (Å²) >= 11 is 1.61. The molecule has 1 fully saturated rings. The highest BCUT2D eigenvalue weighted by Crippen LogP contribution is 2.21. The van der Waals surface area contributed by atoms with E-state index in [4.69, 9.17) is 0 Å². The molecule has 0 aromatic heterocycles. The van der Waals surface area contributed by atoms with Crippen molar-refractivity contribution in [2.24, 2.45) is 0 Å². The van der Waals surface area contributed by atoms with Crippen LogP contribution in [0, 0.1) is 6.92 Å². The highest BCUT2D eigenvalue weighted by atomic mass is 32.2. The molecule has 1 aliphatic heterocycles. The van der Waals surface area contributed by atoms with Crippen molar-refractivity contribution in [3.63, 3.8) is 0 Å². The van der Waals surface area contributed by atoms with Crippen molar-refractivity contribution in [3.8, 4) is 0 Å². The van der Waals surface area contributed by atoms with Gasteiger partial charge >= 0.3 is 0 Å². The molecule has 1 aliphatic rings. The minimum absolute atomic E-state index is 0.0957. The molecule has 4 heteroatoms. The van der Waals surface area contributed by atoms with Gasteiger partial charge in [0.15, 0.2) is 0 Å². The van der Waals surface area contributed by atoms with E-state index in [9.17, 15) is 4.79 Å². The number of hydrogen-bond acceptors (Lipinski definition) is 2. The molecule has 2 aromatic carbocycles. The maximum absolute atomic E-state index is 12.3. The van der Waals surface area contributed by atoms with Crippen LogP contribution in [0.3, 0.4) is 0 Å². The number of quaternary nitrogens is 1. The van der Waals surface area contributed by atoms with Gasteiger partial charge in [-0.05, 0) is 43.4 Å². The van der Waals surface area contributed by atoms with Gasteiger partial charge in [0.1, 0.15) is 6.54 Å². The predicted molar refractivity (Wildman–Crippen MR) is 108 cm³/mol. The first-order valence-electron chi connectivity index (χ1n) is 9.58. The number of aryl methyl sites for hydroxylation is 1. The normalized spacial score (nSPS) is 15.0. The van der Waals surface area contributed by atoms with Gasteiger partial charge in [-0.2, -0.15) is 0 Å². The molecule has 3 rings (SSSR count). The number of thioether (sulfide) groups is 1. The Hall–Kier alpha value is -1.78. The Labute approximate surface area is 161 Å². The van der Waals surface area contributed by atoms with Crippen LogP contribution in [0.15, 0.2) is 53.4 Å². The molecule has 1 amide bonds. The lowest BCUT2D eigenvalue weighted by Crippen LogP contribution is -3.11. The molecular formula is C22H29N2OS+. The minimum atomic E-state index is 0.0957. The maximum Gasteiger partial charge on any atom is 0.230 e. The molecule has 3 nitrogen and oxygen atoms in total. The topological polar surface area (TPSA) is 33.5 Å². The maximum atomic E-state index is 12.3. The molecule has 1 saturated heterocycles. The largest absolute Gasteiger partial charge is 0.351 e. The average Bonchev–Trinajstić information content (AvgIpc) is 2.67. The van der Waals surface area contributed by atoms with Crippen molar-refractivity contribution in [2.45, 2.75) is 44.2 Å². The first kappa shape index (κ1) is 19.0. The monoisotopic (exact) mass is 369 g/mol. The van der Waals surface area contributed by atoms with E-state index < -0.39 is 0 Å². The number of benzene rings is 2. The van der Waals surface area contributed by atoms with Gasteiger partial charge in [0.05, 0.1) is 18.8 Å². The summed E-state index contributed by atoms with van der Waals surface area (Å²) < 4.78 is 0. The van der Waals surface area contributed by atoms with E-state index in [0.717, 1.165) is 6.54 Å². The van der Waals surface area contributed by atoms with Crippen LogP contribution in [0.5, 0.6) is 0 Å². The number of piperidine rings is 1. The van der Waals surface area contributed by atoms with Gasteiger partial charge in [-0.3, -0.25) is 4.79 Å². The molecular weight excluding hydrogens is 340 g/mol. The molecule has 1 heterocycles. The SMILES string of the molecule is Cc1ccccc1SCC(=O)NCc1ccccc1C[NH+]1CCCCC1. The second-order valence-corrected chi connectivity index (χ2v) is 8.10. The third-order valence-electron chi connectivity index (χ3n) is 5.05. The number of hydrogen-bond donors (Lipinski definition) is 2. The Morgan fingerprint density at radius 3 is 2.46 bits per heavy atom. The molecule has 0 atom stereocenters. The number of amides is 1. The molecule has 0 radical (unpaired) electrons. The van der Waals surface area contributed by atoms with Gasteiger partial charge in [0.25, 0.3) is 0 Å². The van der Waals surface area contributed by atoms with Crippen molar-refractivity contribution in [1.29, 1.82) is 0 Å². The molecule has 26 heavy (non-hydrogen) atoms. The molecule has 0 spiro atoms. The highest BCUT2D eigenvalue weighted by molar-refractivity contribution is 8.00. The number of carbonyl (C=O) groups excluding carboxylic acids is 1. The second-order valence-electron chi connectivity index (χ2n) is 7.09. The van der Waals surface area contributed by atoms with Gasteiger partial charge in [-0.1, -0.05) is 42.5 Å². The van der Waals surface area contributed by atoms with E-state index in [0.29, 0.717) is 12.3 Å². The van der Waals surface area contributed by atoms with Crippen LogP contribution in [0.25, 0.3) is 0 Å². The molecule has 0 saturated carbocycles. The van der Waals surface area contributed by atoms with E-state index in [1.165, 1.54) is 53.9 Å². The fraction of sp³-hybridized carbons (Fsp3) is 0.409. The van der Waals surface area contributed by atoms with Crippen molar-refractivity contribution in [2.75, 3.05) is 18.8 Å². The number of nitrogens with one attached hydrogen (secondary N) is 2. The summed E-state index contributed by atoms with van der Waals surface area (Å²) in [5.41, 5.74) is 3.84. The lowest BCUT2D eigenvalue weighted by molar-refractivity contribution is -0.918. The molecule has 138 valence electrons. The molecule has 0 bridgehead atoms. The molecule has 2 N–H and O–H groups in total. The lowest BCUT2D eigenvalue weighted by atomic mass is 10.0. The van der Waals surface area contributed by atoms with E-state index >= 15 is 0 Å². The standard InChI is InChI=1S/C22H28N2OS/c1-18-9-3-6-12-21(18)26-17-22(25)23-15-19-10-4-5-11-20(19)16-24-13-7-2-8-14-24/h3-6,9-12H,2,7-8,13-17H2,1H3,(H,23,25)/p+1. The zero-order chi connectivity index (χ0) is 18.2. The first-order chi connectivity index (χ1) is 12.7. The van der Waals surface area contributed by atoms with Crippen LogP contribution in [0.1, 0.15) is 36.0 Å². The van der Waals surface area contributed by atoms with Crippen LogP contribution in [-0.2, 0) is 17.9 Å². The third kappa shape index (κ3) is 5.61. The van der Waals surface area contributed by atoms with E-state index in [-0.39, 0.29) is 5.91 Å². The summed E-state index contributed by atoms with van der Waals surface area (Å²) in [7, 11) is 0. The smallest absolute Gasteiger partial charge is 0.230 e. The fourth-order valence-corrected chi connectivity index (χ4v) is 4.37. The Morgan fingerprint density at radius 2 is 1.69 bits per heavy atom. The van der Waals surface area contributed by atoms with Crippen LogP contribution in [-0.4, -0.2) is 24.7 Å². The van der Waals surface area contributed by atoms with Crippen molar-refractivity contribution in [1.82, 2.24) is 5.32 Å². The summed E-state index contributed by atoms with van der Waals surface area (Å²) in [6, 6.07) is 16.7. The van der Waals surface area contributed by atoms with E-state index in [1.807, 2.05) is 12.1 Å². The fourth-order valence-electron chi connectivity index (χ4n) is 3.51. The number of likely N-dealkylation sites (tertiary alicyclic amines) is 1. The van der Waals surface area contributed by atoms with Gasteiger partial charge in [0, 0.05) is 17.0 Å².